The number of aromatic carboxylic acids is 1. The molecule has 6 nitrogen and oxygen atoms in total. The highest BCUT2D eigenvalue weighted by Gasteiger charge is 2.10. The number of carboxylic acids is 1. The van der Waals surface area contributed by atoms with Crippen LogP contribution in [0.2, 0.25) is 0 Å². The van der Waals surface area contributed by atoms with Crippen LogP contribution in [0.15, 0.2) is 18.3 Å². The number of aryl methyl sites for hydroxylation is 1. The normalized spacial score (nSPS) is 10.4. The fourth-order valence-corrected chi connectivity index (χ4v) is 1.19. The Morgan fingerprint density at radius 2 is 2.43 bits per heavy atom. The minimum Gasteiger partial charge on any atom is -0.477 e. The van der Waals surface area contributed by atoms with Gasteiger partial charge in [-0.25, -0.2) is 4.79 Å². The average molecular weight is 192 g/mol. The SMILES string of the molecule is Cn1nccc1-c1cc(C(=O)O)[nH]n1. The van der Waals surface area contributed by atoms with Gasteiger partial charge in [0.05, 0.1) is 5.69 Å². The van der Waals surface area contributed by atoms with Gasteiger partial charge in [-0.15, -0.1) is 0 Å². The predicted octanol–water partition coefficient (Wildman–Crippen LogP) is 0.508. The van der Waals surface area contributed by atoms with Crippen molar-refractivity contribution in [3.63, 3.8) is 0 Å². The van der Waals surface area contributed by atoms with E-state index in [1.807, 2.05) is 0 Å². The maximum absolute atomic E-state index is 10.6. The van der Waals surface area contributed by atoms with E-state index in [1.54, 1.807) is 24.0 Å². The van der Waals surface area contributed by atoms with Crippen LogP contribution in [0.5, 0.6) is 0 Å². The van der Waals surface area contributed by atoms with E-state index in [1.165, 1.54) is 6.07 Å². The average Bonchev–Trinajstić information content (AvgIpc) is 2.71. The maximum Gasteiger partial charge on any atom is 0.353 e. The molecule has 0 aliphatic heterocycles. The molecule has 0 aliphatic carbocycles. The van der Waals surface area contributed by atoms with Crippen molar-refractivity contribution in [2.45, 2.75) is 0 Å². The van der Waals surface area contributed by atoms with Crippen molar-refractivity contribution in [1.29, 1.82) is 0 Å². The minimum absolute atomic E-state index is 0.0706. The summed E-state index contributed by atoms with van der Waals surface area (Å²) in [4.78, 5) is 10.6. The molecule has 0 fully saturated rings. The van der Waals surface area contributed by atoms with Gasteiger partial charge in [-0.1, -0.05) is 0 Å². The molecule has 0 saturated heterocycles. The second-order valence-electron chi connectivity index (χ2n) is 2.81. The van der Waals surface area contributed by atoms with Gasteiger partial charge in [-0.05, 0) is 6.07 Å². The van der Waals surface area contributed by atoms with E-state index in [0.717, 1.165) is 5.69 Å². The predicted molar refractivity (Wildman–Crippen MR) is 47.7 cm³/mol. The molecule has 14 heavy (non-hydrogen) atoms. The summed E-state index contributed by atoms with van der Waals surface area (Å²) in [5.74, 6) is -1.02. The van der Waals surface area contributed by atoms with Gasteiger partial charge in [-0.2, -0.15) is 10.2 Å². The lowest BCUT2D eigenvalue weighted by molar-refractivity contribution is 0.0690. The number of nitrogens with zero attached hydrogens (tertiary/aromatic N) is 3. The number of H-pyrrole nitrogens is 1. The Hall–Kier alpha value is -2.11. The number of carbonyl (C=O) groups is 1. The molecule has 2 aromatic rings. The summed E-state index contributed by atoms with van der Waals surface area (Å²) in [5, 5.41) is 18.9. The summed E-state index contributed by atoms with van der Waals surface area (Å²) in [5.41, 5.74) is 1.41. The first-order valence-electron chi connectivity index (χ1n) is 3.95. The Morgan fingerprint density at radius 3 is 2.93 bits per heavy atom. The summed E-state index contributed by atoms with van der Waals surface area (Å²) >= 11 is 0. The summed E-state index contributed by atoms with van der Waals surface area (Å²) in [6.07, 6.45) is 1.63. The number of rotatable bonds is 2. The molecule has 2 rings (SSSR count). The molecule has 2 N–H and O–H groups in total. The smallest absolute Gasteiger partial charge is 0.353 e. The van der Waals surface area contributed by atoms with Crippen molar-refractivity contribution in [2.24, 2.45) is 7.05 Å². The Morgan fingerprint density at radius 1 is 1.64 bits per heavy atom. The Labute approximate surface area is 79.2 Å². The highest BCUT2D eigenvalue weighted by molar-refractivity contribution is 5.86. The van der Waals surface area contributed by atoms with Crippen LogP contribution in [0.25, 0.3) is 11.4 Å². The van der Waals surface area contributed by atoms with Gasteiger partial charge in [0, 0.05) is 19.3 Å². The Kier molecular flexibility index (Phi) is 1.81. The zero-order valence-corrected chi connectivity index (χ0v) is 7.43. The van der Waals surface area contributed by atoms with E-state index >= 15 is 0 Å². The molecule has 0 aromatic carbocycles. The Balaban J connectivity index is 2.43. The molecule has 0 spiro atoms. The van der Waals surface area contributed by atoms with Gasteiger partial charge in [-0.3, -0.25) is 9.78 Å². The highest BCUT2D eigenvalue weighted by atomic mass is 16.4. The van der Waals surface area contributed by atoms with E-state index in [2.05, 4.69) is 15.3 Å². The molecule has 0 unspecified atom stereocenters. The van der Waals surface area contributed by atoms with E-state index in [-0.39, 0.29) is 5.69 Å². The van der Waals surface area contributed by atoms with Crippen LogP contribution in [0.1, 0.15) is 10.5 Å². The molecular formula is C8H8N4O2. The fourth-order valence-electron chi connectivity index (χ4n) is 1.19. The van der Waals surface area contributed by atoms with Gasteiger partial charge >= 0.3 is 5.97 Å². The van der Waals surface area contributed by atoms with Gasteiger partial charge in [0.2, 0.25) is 0 Å². The Bertz CT molecular complexity index is 471. The van der Waals surface area contributed by atoms with E-state index < -0.39 is 5.97 Å². The molecule has 0 saturated carbocycles. The topological polar surface area (TPSA) is 83.8 Å². The van der Waals surface area contributed by atoms with E-state index in [0.29, 0.717) is 5.69 Å². The van der Waals surface area contributed by atoms with Gasteiger partial charge < -0.3 is 5.11 Å². The third kappa shape index (κ3) is 1.26. The molecular weight excluding hydrogens is 184 g/mol. The van der Waals surface area contributed by atoms with Crippen LogP contribution in [0.4, 0.5) is 0 Å². The van der Waals surface area contributed by atoms with E-state index in [4.69, 9.17) is 5.11 Å². The molecule has 2 heterocycles. The lowest BCUT2D eigenvalue weighted by atomic mass is 10.3. The van der Waals surface area contributed by atoms with Crippen LogP contribution >= 0.6 is 0 Å². The number of hydrogen-bond donors (Lipinski definition) is 2. The number of carboxylic acid groups (broad SMARTS) is 1. The molecule has 6 heteroatoms. The number of hydrogen-bond acceptors (Lipinski definition) is 3. The first kappa shape index (κ1) is 8.49. The fraction of sp³-hybridized carbons (Fsp3) is 0.125. The second-order valence-corrected chi connectivity index (χ2v) is 2.81. The van der Waals surface area contributed by atoms with Crippen LogP contribution in [-0.4, -0.2) is 31.1 Å². The van der Waals surface area contributed by atoms with Crippen molar-refractivity contribution in [3.05, 3.63) is 24.0 Å². The molecule has 72 valence electrons. The zero-order valence-electron chi connectivity index (χ0n) is 7.43. The van der Waals surface area contributed by atoms with Crippen molar-refractivity contribution in [3.8, 4) is 11.4 Å². The number of aromatic amines is 1. The molecule has 0 atom stereocenters. The first-order valence-corrected chi connectivity index (χ1v) is 3.95. The third-order valence-electron chi connectivity index (χ3n) is 1.89. The monoisotopic (exact) mass is 192 g/mol. The van der Waals surface area contributed by atoms with E-state index in [9.17, 15) is 4.79 Å². The molecule has 0 bridgehead atoms. The van der Waals surface area contributed by atoms with Gasteiger partial charge in [0.25, 0.3) is 0 Å². The van der Waals surface area contributed by atoms with Crippen molar-refractivity contribution in [2.75, 3.05) is 0 Å². The summed E-state index contributed by atoms with van der Waals surface area (Å²) < 4.78 is 1.63. The molecule has 0 amide bonds. The summed E-state index contributed by atoms with van der Waals surface area (Å²) in [6.45, 7) is 0. The van der Waals surface area contributed by atoms with Crippen LogP contribution in [-0.2, 0) is 7.05 Å². The van der Waals surface area contributed by atoms with Gasteiger partial charge in [0.15, 0.2) is 0 Å². The van der Waals surface area contributed by atoms with Crippen molar-refractivity contribution >= 4 is 5.97 Å². The summed E-state index contributed by atoms with van der Waals surface area (Å²) in [7, 11) is 1.77. The van der Waals surface area contributed by atoms with Crippen molar-refractivity contribution < 1.29 is 9.90 Å². The lowest BCUT2D eigenvalue weighted by Gasteiger charge is -1.94. The van der Waals surface area contributed by atoms with Crippen molar-refractivity contribution in [1.82, 2.24) is 20.0 Å². The second kappa shape index (κ2) is 2.99. The minimum atomic E-state index is -1.02. The first-order chi connectivity index (χ1) is 6.68. The quantitative estimate of drug-likeness (QED) is 0.726. The zero-order chi connectivity index (χ0) is 10.1. The molecule has 2 aromatic heterocycles. The molecule has 0 aliphatic rings. The number of aromatic nitrogens is 4. The van der Waals surface area contributed by atoms with Crippen LogP contribution < -0.4 is 0 Å². The standard InChI is InChI=1S/C8H8N4O2/c1-12-7(2-3-9-12)5-4-6(8(13)14)11-10-5/h2-4H,1H3,(H,10,11)(H,13,14). The van der Waals surface area contributed by atoms with Crippen LogP contribution in [0, 0.1) is 0 Å². The largest absolute Gasteiger partial charge is 0.477 e. The molecule has 0 radical (unpaired) electrons. The van der Waals surface area contributed by atoms with Gasteiger partial charge in [0.1, 0.15) is 11.4 Å². The van der Waals surface area contributed by atoms with Crippen LogP contribution in [0.3, 0.4) is 0 Å². The lowest BCUT2D eigenvalue weighted by Crippen LogP contribution is -1.95. The highest BCUT2D eigenvalue weighted by Crippen LogP contribution is 2.15. The maximum atomic E-state index is 10.6. The number of nitrogens with one attached hydrogen (secondary N) is 1. The summed E-state index contributed by atoms with van der Waals surface area (Å²) in [6, 6.07) is 3.24. The third-order valence-corrected chi connectivity index (χ3v) is 1.89.